The summed E-state index contributed by atoms with van der Waals surface area (Å²) in [6.45, 7) is 0.308. The highest BCUT2D eigenvalue weighted by molar-refractivity contribution is 5.96. The van der Waals surface area contributed by atoms with Crippen LogP contribution in [0.4, 0.5) is 10.5 Å². The number of anilines is 1. The summed E-state index contributed by atoms with van der Waals surface area (Å²) in [5.41, 5.74) is 2.15. The van der Waals surface area contributed by atoms with Crippen LogP contribution in [0.25, 0.3) is 0 Å². The molecule has 3 rings (SSSR count). The van der Waals surface area contributed by atoms with Crippen molar-refractivity contribution in [1.82, 2.24) is 14.9 Å². The predicted octanol–water partition coefficient (Wildman–Crippen LogP) is 2.52. The molecule has 1 N–H and O–H groups in total. The number of amides is 2. The summed E-state index contributed by atoms with van der Waals surface area (Å²) in [6, 6.07) is 18.0. The summed E-state index contributed by atoms with van der Waals surface area (Å²) < 4.78 is 1.51. The second kappa shape index (κ2) is 7.07. The standard InChI is InChI=1S/C17H14N6O/c18-10-14-6-8-15(9-7-14)11-23(22-12-19-20-13-22)17(24)21-16-4-2-1-3-5-16/h1-9,12-13H,11H2,(H,21,24). The number of nitriles is 1. The van der Waals surface area contributed by atoms with Crippen molar-refractivity contribution in [3.8, 4) is 6.07 Å². The number of benzene rings is 2. The summed E-state index contributed by atoms with van der Waals surface area (Å²) >= 11 is 0. The summed E-state index contributed by atoms with van der Waals surface area (Å²) in [6.07, 6.45) is 2.91. The quantitative estimate of drug-likeness (QED) is 0.800. The molecule has 0 atom stereocenters. The molecule has 24 heavy (non-hydrogen) atoms. The molecule has 0 bridgehead atoms. The van der Waals surface area contributed by atoms with Gasteiger partial charge < -0.3 is 5.32 Å². The Labute approximate surface area is 138 Å². The average molecular weight is 318 g/mol. The van der Waals surface area contributed by atoms with Gasteiger partial charge in [0.25, 0.3) is 0 Å². The molecule has 3 aromatic rings. The number of aromatic nitrogens is 3. The van der Waals surface area contributed by atoms with Crippen molar-refractivity contribution in [2.75, 3.05) is 10.3 Å². The minimum Gasteiger partial charge on any atom is -0.306 e. The van der Waals surface area contributed by atoms with Crippen molar-refractivity contribution in [3.05, 3.63) is 78.4 Å². The van der Waals surface area contributed by atoms with Crippen molar-refractivity contribution in [3.63, 3.8) is 0 Å². The first-order valence-corrected chi connectivity index (χ1v) is 7.24. The van der Waals surface area contributed by atoms with Crippen molar-refractivity contribution in [2.24, 2.45) is 0 Å². The lowest BCUT2D eigenvalue weighted by Gasteiger charge is -2.23. The normalized spacial score (nSPS) is 9.96. The van der Waals surface area contributed by atoms with Crippen LogP contribution in [0.1, 0.15) is 11.1 Å². The number of carbonyl (C=O) groups is 1. The Morgan fingerprint density at radius 3 is 2.38 bits per heavy atom. The van der Waals surface area contributed by atoms with Gasteiger partial charge in [0.05, 0.1) is 18.2 Å². The van der Waals surface area contributed by atoms with Crippen LogP contribution in [0.3, 0.4) is 0 Å². The van der Waals surface area contributed by atoms with Gasteiger partial charge in [-0.2, -0.15) is 5.26 Å². The number of nitrogens with zero attached hydrogens (tertiary/aromatic N) is 5. The maximum Gasteiger partial charge on any atom is 0.341 e. The maximum absolute atomic E-state index is 12.6. The lowest BCUT2D eigenvalue weighted by molar-refractivity contribution is 0.251. The van der Waals surface area contributed by atoms with Gasteiger partial charge in [-0.15, -0.1) is 10.2 Å². The molecule has 0 radical (unpaired) electrons. The van der Waals surface area contributed by atoms with Gasteiger partial charge in [0.15, 0.2) is 0 Å². The van der Waals surface area contributed by atoms with Crippen LogP contribution < -0.4 is 10.3 Å². The summed E-state index contributed by atoms with van der Waals surface area (Å²) in [5.74, 6) is 0. The van der Waals surface area contributed by atoms with E-state index < -0.39 is 0 Å². The Morgan fingerprint density at radius 1 is 1.08 bits per heavy atom. The second-order valence-electron chi connectivity index (χ2n) is 5.00. The third-order valence-electron chi connectivity index (χ3n) is 3.36. The van der Waals surface area contributed by atoms with Crippen LogP contribution in [0.15, 0.2) is 67.3 Å². The Kier molecular flexibility index (Phi) is 4.49. The predicted molar refractivity (Wildman–Crippen MR) is 88.6 cm³/mol. The van der Waals surface area contributed by atoms with E-state index in [0.29, 0.717) is 17.8 Å². The Balaban J connectivity index is 1.81. The zero-order valence-electron chi connectivity index (χ0n) is 12.7. The fraction of sp³-hybridized carbons (Fsp3) is 0.0588. The number of para-hydroxylation sites is 1. The highest BCUT2D eigenvalue weighted by atomic mass is 16.2. The van der Waals surface area contributed by atoms with E-state index in [1.165, 1.54) is 22.3 Å². The number of rotatable bonds is 4. The van der Waals surface area contributed by atoms with Gasteiger partial charge in [-0.1, -0.05) is 30.3 Å². The molecule has 2 amide bonds. The molecule has 1 heterocycles. The first kappa shape index (κ1) is 15.2. The van der Waals surface area contributed by atoms with Crippen LogP contribution in [-0.4, -0.2) is 20.9 Å². The minimum atomic E-state index is -0.314. The van der Waals surface area contributed by atoms with Crippen LogP contribution in [0, 0.1) is 11.3 Å². The van der Waals surface area contributed by atoms with Crippen LogP contribution in [-0.2, 0) is 6.54 Å². The van der Waals surface area contributed by atoms with Gasteiger partial charge in [-0.25, -0.2) is 14.5 Å². The topological polar surface area (TPSA) is 86.8 Å². The lowest BCUT2D eigenvalue weighted by atomic mass is 10.1. The van der Waals surface area contributed by atoms with E-state index in [1.807, 2.05) is 42.5 Å². The molecule has 0 saturated carbocycles. The van der Waals surface area contributed by atoms with Gasteiger partial charge in [0, 0.05) is 5.69 Å². The molecular formula is C17H14N6O. The smallest absolute Gasteiger partial charge is 0.306 e. The maximum atomic E-state index is 12.6. The molecule has 0 unspecified atom stereocenters. The van der Waals surface area contributed by atoms with Crippen LogP contribution in [0.2, 0.25) is 0 Å². The van der Waals surface area contributed by atoms with E-state index in [9.17, 15) is 4.79 Å². The average Bonchev–Trinajstić information content (AvgIpc) is 3.15. The molecule has 0 spiro atoms. The number of nitrogens with one attached hydrogen (secondary N) is 1. The first-order chi connectivity index (χ1) is 11.8. The third kappa shape index (κ3) is 3.56. The summed E-state index contributed by atoms with van der Waals surface area (Å²) in [4.78, 5) is 12.6. The summed E-state index contributed by atoms with van der Waals surface area (Å²) in [7, 11) is 0. The van der Waals surface area contributed by atoms with Crippen LogP contribution in [0.5, 0.6) is 0 Å². The molecule has 2 aromatic carbocycles. The number of carbonyl (C=O) groups excluding carboxylic acids is 1. The highest BCUT2D eigenvalue weighted by Crippen LogP contribution is 2.10. The van der Waals surface area contributed by atoms with Crippen LogP contribution >= 0.6 is 0 Å². The van der Waals surface area contributed by atoms with E-state index in [1.54, 1.807) is 12.1 Å². The zero-order valence-corrected chi connectivity index (χ0v) is 12.7. The fourth-order valence-corrected chi connectivity index (χ4v) is 2.15. The molecule has 0 aliphatic heterocycles. The third-order valence-corrected chi connectivity index (χ3v) is 3.36. The lowest BCUT2D eigenvalue weighted by Crippen LogP contribution is -2.42. The second-order valence-corrected chi connectivity index (χ2v) is 5.00. The van der Waals surface area contributed by atoms with E-state index in [0.717, 1.165) is 5.56 Å². The molecule has 0 fully saturated rings. The Hall–Kier alpha value is -3.66. The Bertz CT molecular complexity index is 837. The molecule has 0 aliphatic rings. The molecule has 0 aliphatic carbocycles. The number of urea groups is 1. The number of hydrogen-bond acceptors (Lipinski definition) is 4. The van der Waals surface area contributed by atoms with E-state index in [-0.39, 0.29) is 6.03 Å². The minimum absolute atomic E-state index is 0.308. The van der Waals surface area contributed by atoms with Crippen molar-refractivity contribution in [1.29, 1.82) is 5.26 Å². The summed E-state index contributed by atoms with van der Waals surface area (Å²) in [5, 5.41) is 20.7. The van der Waals surface area contributed by atoms with Gasteiger partial charge in [0.1, 0.15) is 12.7 Å². The highest BCUT2D eigenvalue weighted by Gasteiger charge is 2.16. The molecular weight excluding hydrogens is 304 g/mol. The molecule has 7 nitrogen and oxygen atoms in total. The van der Waals surface area contributed by atoms with Gasteiger partial charge in [-0.3, -0.25) is 0 Å². The van der Waals surface area contributed by atoms with Crippen molar-refractivity contribution >= 4 is 11.7 Å². The largest absolute Gasteiger partial charge is 0.341 e. The molecule has 0 saturated heterocycles. The fourth-order valence-electron chi connectivity index (χ4n) is 2.15. The molecule has 1 aromatic heterocycles. The first-order valence-electron chi connectivity index (χ1n) is 7.24. The molecule has 118 valence electrons. The molecule has 7 heteroatoms. The van der Waals surface area contributed by atoms with E-state index in [2.05, 4.69) is 21.6 Å². The van der Waals surface area contributed by atoms with Crippen molar-refractivity contribution in [2.45, 2.75) is 6.54 Å². The SMILES string of the molecule is N#Cc1ccc(CN(C(=O)Nc2ccccc2)n2cnnc2)cc1. The Morgan fingerprint density at radius 2 is 1.75 bits per heavy atom. The van der Waals surface area contributed by atoms with Crippen molar-refractivity contribution < 1.29 is 4.79 Å². The van der Waals surface area contributed by atoms with Gasteiger partial charge >= 0.3 is 6.03 Å². The van der Waals surface area contributed by atoms with Gasteiger partial charge in [-0.05, 0) is 29.8 Å². The number of hydrogen-bond donors (Lipinski definition) is 1. The zero-order chi connectivity index (χ0) is 16.8. The van der Waals surface area contributed by atoms with E-state index >= 15 is 0 Å². The van der Waals surface area contributed by atoms with Gasteiger partial charge in [0.2, 0.25) is 0 Å². The monoisotopic (exact) mass is 318 g/mol. The van der Waals surface area contributed by atoms with E-state index in [4.69, 9.17) is 5.26 Å².